The molecule has 0 bridgehead atoms. The first kappa shape index (κ1) is 11.9. The zero-order valence-electron chi connectivity index (χ0n) is 11.8. The molecule has 0 aromatic carbocycles. The number of nitrogens with zero attached hydrogens (tertiary/aromatic N) is 2. The van der Waals surface area contributed by atoms with E-state index in [9.17, 15) is 4.79 Å². The van der Waals surface area contributed by atoms with Gasteiger partial charge in [-0.05, 0) is 37.7 Å². The molecule has 98 valence electrons. The molecular formula is C15H22N2O. The third-order valence-electron chi connectivity index (χ3n) is 5.52. The van der Waals surface area contributed by atoms with E-state index in [4.69, 9.17) is 5.10 Å². The van der Waals surface area contributed by atoms with Crippen LogP contribution in [0.2, 0.25) is 0 Å². The number of carbonyl (C=O) groups excluding carboxylic acids is 1. The number of hydrogen-bond donors (Lipinski definition) is 0. The summed E-state index contributed by atoms with van der Waals surface area (Å²) in [6.07, 6.45) is 3.93. The fourth-order valence-corrected chi connectivity index (χ4v) is 4.14. The molecule has 3 nitrogen and oxygen atoms in total. The van der Waals surface area contributed by atoms with Gasteiger partial charge in [0.15, 0.2) is 0 Å². The Balaban J connectivity index is 2.12. The van der Waals surface area contributed by atoms with Crippen molar-refractivity contribution in [1.82, 2.24) is 9.78 Å². The molecule has 2 aliphatic rings. The van der Waals surface area contributed by atoms with Gasteiger partial charge in [-0.25, -0.2) is 0 Å². The van der Waals surface area contributed by atoms with Crippen LogP contribution < -0.4 is 0 Å². The number of ketones is 1. The molecule has 1 aromatic heterocycles. The summed E-state index contributed by atoms with van der Waals surface area (Å²) >= 11 is 0. The minimum atomic E-state index is 0.118. The number of carbonyl (C=O) groups is 1. The van der Waals surface area contributed by atoms with E-state index in [1.807, 2.05) is 11.7 Å². The van der Waals surface area contributed by atoms with Gasteiger partial charge in [0.1, 0.15) is 5.78 Å². The van der Waals surface area contributed by atoms with Crippen molar-refractivity contribution in [3.8, 4) is 0 Å². The van der Waals surface area contributed by atoms with Gasteiger partial charge < -0.3 is 0 Å². The third-order valence-corrected chi connectivity index (χ3v) is 5.52. The van der Waals surface area contributed by atoms with E-state index in [1.165, 1.54) is 17.0 Å². The molecule has 18 heavy (non-hydrogen) atoms. The number of aryl methyl sites for hydroxylation is 1. The van der Waals surface area contributed by atoms with Crippen LogP contribution in [0.15, 0.2) is 0 Å². The summed E-state index contributed by atoms with van der Waals surface area (Å²) in [7, 11) is 2.03. The van der Waals surface area contributed by atoms with Gasteiger partial charge in [0.2, 0.25) is 0 Å². The Labute approximate surface area is 109 Å². The van der Waals surface area contributed by atoms with Crippen molar-refractivity contribution in [3.05, 3.63) is 17.0 Å². The van der Waals surface area contributed by atoms with E-state index < -0.39 is 0 Å². The van der Waals surface area contributed by atoms with Gasteiger partial charge in [0.25, 0.3) is 0 Å². The standard InChI is InChI=1S/C15H22N2O/c1-9-12-6-5-11-10(2)17(4)16-14(11)15(12,3)8-7-13(9)18/h9,12H,5-8H2,1-4H3/t9-,12-,15-/m0/s1. The lowest BCUT2D eigenvalue weighted by Gasteiger charge is -2.46. The Kier molecular flexibility index (Phi) is 2.45. The highest BCUT2D eigenvalue weighted by Gasteiger charge is 2.49. The first-order valence-corrected chi connectivity index (χ1v) is 7.01. The van der Waals surface area contributed by atoms with Crippen LogP contribution in [0.25, 0.3) is 0 Å². The smallest absolute Gasteiger partial charge is 0.136 e. The highest BCUT2D eigenvalue weighted by Crippen LogP contribution is 2.50. The predicted octanol–water partition coefficient (Wildman–Crippen LogP) is 2.55. The van der Waals surface area contributed by atoms with Crippen molar-refractivity contribution < 1.29 is 4.79 Å². The van der Waals surface area contributed by atoms with E-state index in [-0.39, 0.29) is 11.3 Å². The minimum absolute atomic E-state index is 0.118. The van der Waals surface area contributed by atoms with Crippen molar-refractivity contribution in [2.75, 3.05) is 0 Å². The summed E-state index contributed by atoms with van der Waals surface area (Å²) in [6.45, 7) is 6.60. The molecule has 0 unspecified atom stereocenters. The Hall–Kier alpha value is -1.12. The molecule has 3 atom stereocenters. The van der Waals surface area contributed by atoms with Crippen LogP contribution in [-0.2, 0) is 23.7 Å². The van der Waals surface area contributed by atoms with Crippen molar-refractivity contribution in [2.24, 2.45) is 18.9 Å². The monoisotopic (exact) mass is 246 g/mol. The molecule has 1 aromatic rings. The Morgan fingerprint density at radius 2 is 2.11 bits per heavy atom. The summed E-state index contributed by atoms with van der Waals surface area (Å²) in [5, 5.41) is 4.77. The summed E-state index contributed by atoms with van der Waals surface area (Å²) in [5.41, 5.74) is 4.14. The second-order valence-corrected chi connectivity index (χ2v) is 6.35. The lowest BCUT2D eigenvalue weighted by molar-refractivity contribution is -0.128. The Bertz CT molecular complexity index is 517. The molecule has 0 aliphatic heterocycles. The summed E-state index contributed by atoms with van der Waals surface area (Å²) in [5.74, 6) is 1.15. The van der Waals surface area contributed by atoms with Gasteiger partial charge >= 0.3 is 0 Å². The molecular weight excluding hydrogens is 224 g/mol. The van der Waals surface area contributed by atoms with Crippen LogP contribution >= 0.6 is 0 Å². The number of fused-ring (bicyclic) bond motifs is 3. The average molecular weight is 246 g/mol. The zero-order valence-corrected chi connectivity index (χ0v) is 11.8. The second-order valence-electron chi connectivity index (χ2n) is 6.35. The van der Waals surface area contributed by atoms with Crippen molar-refractivity contribution in [3.63, 3.8) is 0 Å². The largest absolute Gasteiger partial charge is 0.299 e. The van der Waals surface area contributed by atoms with Gasteiger partial charge in [0.05, 0.1) is 5.69 Å². The summed E-state index contributed by atoms with van der Waals surface area (Å²) in [4.78, 5) is 11.9. The maximum Gasteiger partial charge on any atom is 0.136 e. The molecule has 1 saturated carbocycles. The van der Waals surface area contributed by atoms with Crippen LogP contribution in [0.5, 0.6) is 0 Å². The number of aromatic nitrogens is 2. The van der Waals surface area contributed by atoms with Crippen molar-refractivity contribution in [2.45, 2.75) is 51.9 Å². The van der Waals surface area contributed by atoms with Gasteiger partial charge in [-0.2, -0.15) is 5.10 Å². The quantitative estimate of drug-likeness (QED) is 0.705. The third kappa shape index (κ3) is 1.36. The SMILES string of the molecule is Cc1c2c(nn1C)[C@@]1(C)CCC(=O)[C@@H](C)[C@@H]1CC2. The van der Waals surface area contributed by atoms with Crippen LogP contribution in [0.3, 0.4) is 0 Å². The second kappa shape index (κ2) is 3.69. The van der Waals surface area contributed by atoms with Gasteiger partial charge in [-0.1, -0.05) is 13.8 Å². The Morgan fingerprint density at radius 3 is 2.83 bits per heavy atom. The number of hydrogen-bond acceptors (Lipinski definition) is 2. The van der Waals surface area contributed by atoms with Gasteiger partial charge in [-0.3, -0.25) is 9.48 Å². The fourth-order valence-electron chi connectivity index (χ4n) is 4.14. The van der Waals surface area contributed by atoms with Crippen LogP contribution in [0, 0.1) is 18.8 Å². The molecule has 2 aliphatic carbocycles. The molecule has 0 saturated heterocycles. The summed E-state index contributed by atoms with van der Waals surface area (Å²) in [6, 6.07) is 0. The van der Waals surface area contributed by atoms with Crippen LogP contribution in [-0.4, -0.2) is 15.6 Å². The van der Waals surface area contributed by atoms with Crippen molar-refractivity contribution in [1.29, 1.82) is 0 Å². The summed E-state index contributed by atoms with van der Waals surface area (Å²) < 4.78 is 2.01. The van der Waals surface area contributed by atoms with E-state index in [1.54, 1.807) is 0 Å². The molecule has 1 heterocycles. The first-order chi connectivity index (χ1) is 8.45. The highest BCUT2D eigenvalue weighted by molar-refractivity contribution is 5.82. The number of rotatable bonds is 0. The molecule has 0 radical (unpaired) electrons. The topological polar surface area (TPSA) is 34.9 Å². The number of Topliss-reactive ketones (excluding diaryl/α,β-unsaturated/α-hetero) is 1. The van der Waals surface area contributed by atoms with Gasteiger partial charge in [0, 0.05) is 30.5 Å². The predicted molar refractivity (Wildman–Crippen MR) is 70.5 cm³/mol. The average Bonchev–Trinajstić information content (AvgIpc) is 2.63. The normalized spacial score (nSPS) is 35.2. The molecule has 0 amide bonds. The molecule has 3 heteroatoms. The van der Waals surface area contributed by atoms with E-state index in [2.05, 4.69) is 20.8 Å². The molecule has 0 N–H and O–H groups in total. The van der Waals surface area contributed by atoms with E-state index >= 15 is 0 Å². The molecule has 3 rings (SSSR count). The Morgan fingerprint density at radius 1 is 1.39 bits per heavy atom. The fraction of sp³-hybridized carbons (Fsp3) is 0.733. The van der Waals surface area contributed by atoms with Crippen molar-refractivity contribution >= 4 is 5.78 Å². The first-order valence-electron chi connectivity index (χ1n) is 7.01. The maximum atomic E-state index is 11.9. The molecule has 1 fully saturated rings. The highest BCUT2D eigenvalue weighted by atomic mass is 16.1. The lowest BCUT2D eigenvalue weighted by atomic mass is 9.56. The van der Waals surface area contributed by atoms with E-state index in [0.29, 0.717) is 11.7 Å². The minimum Gasteiger partial charge on any atom is -0.299 e. The lowest BCUT2D eigenvalue weighted by Crippen LogP contribution is -2.46. The molecule has 0 spiro atoms. The van der Waals surface area contributed by atoms with Crippen LogP contribution in [0.4, 0.5) is 0 Å². The van der Waals surface area contributed by atoms with E-state index in [0.717, 1.165) is 25.7 Å². The maximum absolute atomic E-state index is 11.9. The van der Waals surface area contributed by atoms with Gasteiger partial charge in [-0.15, -0.1) is 0 Å². The van der Waals surface area contributed by atoms with Crippen LogP contribution in [0.1, 0.15) is 50.1 Å². The zero-order chi connectivity index (χ0) is 13.1.